The van der Waals surface area contributed by atoms with E-state index in [9.17, 15) is 9.90 Å². The van der Waals surface area contributed by atoms with Gasteiger partial charge in [0.25, 0.3) is 0 Å². The second-order valence-electron chi connectivity index (χ2n) is 10.4. The number of aliphatic hydroxyl groups excluding tert-OH is 1. The van der Waals surface area contributed by atoms with Crippen molar-refractivity contribution in [2.24, 2.45) is 0 Å². The number of hydrogen-bond acceptors (Lipinski definition) is 3. The summed E-state index contributed by atoms with van der Waals surface area (Å²) in [6, 6.07) is 32.3. The Hall–Kier alpha value is -3.60. The summed E-state index contributed by atoms with van der Waals surface area (Å²) in [4.78, 5) is 11.9. The molecule has 4 aromatic carbocycles. The van der Waals surface area contributed by atoms with Crippen molar-refractivity contribution in [1.29, 1.82) is 0 Å². The van der Waals surface area contributed by atoms with Gasteiger partial charge in [-0.25, -0.2) is 4.79 Å². The summed E-state index contributed by atoms with van der Waals surface area (Å²) in [6.07, 6.45) is 0.0359. The summed E-state index contributed by atoms with van der Waals surface area (Å²) in [5.41, 5.74) is 6.57. The van der Waals surface area contributed by atoms with E-state index in [1.807, 2.05) is 81.4 Å². The maximum atomic E-state index is 11.9. The summed E-state index contributed by atoms with van der Waals surface area (Å²) in [5, 5.41) is 14.8. The Balaban J connectivity index is 1.47. The van der Waals surface area contributed by atoms with Crippen LogP contribution in [0, 0.1) is 0 Å². The molecule has 2 N–H and O–H groups in total. The fourth-order valence-corrected chi connectivity index (χ4v) is 4.55. The van der Waals surface area contributed by atoms with Crippen LogP contribution in [0.1, 0.15) is 54.7 Å². The number of aliphatic hydroxyl groups is 1. The standard InChI is InChI=1S/C33H34ClNO3/c1-33(2,3)38-32(37)35-19-18-23-8-7-11-28(21-23)31(36)30-22-29(34)17-16-27(30)20-24-12-14-26(15-13-24)25-9-5-4-6-10-25/h4-17,21-22,31,36H,18-20H2,1-3H3,(H,35,37). The Labute approximate surface area is 230 Å². The van der Waals surface area contributed by atoms with Gasteiger partial charge in [-0.1, -0.05) is 96.5 Å². The summed E-state index contributed by atoms with van der Waals surface area (Å²) in [5.74, 6) is 0. The van der Waals surface area contributed by atoms with E-state index in [0.717, 1.165) is 27.8 Å². The lowest BCUT2D eigenvalue weighted by Gasteiger charge is -2.20. The Morgan fingerprint density at radius 3 is 2.29 bits per heavy atom. The Kier molecular flexibility index (Phi) is 8.88. The number of alkyl carbamates (subject to hydrolysis) is 1. The first-order valence-corrected chi connectivity index (χ1v) is 13.2. The van der Waals surface area contributed by atoms with E-state index < -0.39 is 17.8 Å². The van der Waals surface area contributed by atoms with Gasteiger partial charge >= 0.3 is 6.09 Å². The highest BCUT2D eigenvalue weighted by molar-refractivity contribution is 6.30. The van der Waals surface area contributed by atoms with Gasteiger partial charge in [-0.3, -0.25) is 0 Å². The molecular formula is C33H34ClNO3. The number of carbonyl (C=O) groups is 1. The average molecular weight is 528 g/mol. The molecule has 0 fully saturated rings. The van der Waals surface area contributed by atoms with Crippen LogP contribution in [0.5, 0.6) is 0 Å². The van der Waals surface area contributed by atoms with Crippen LogP contribution in [0.3, 0.4) is 0 Å². The Morgan fingerprint density at radius 2 is 1.58 bits per heavy atom. The van der Waals surface area contributed by atoms with Crippen LogP contribution in [0.2, 0.25) is 5.02 Å². The largest absolute Gasteiger partial charge is 0.444 e. The average Bonchev–Trinajstić information content (AvgIpc) is 2.89. The minimum absolute atomic E-state index is 0.436. The summed E-state index contributed by atoms with van der Waals surface area (Å²) in [7, 11) is 0. The molecule has 0 radical (unpaired) electrons. The smallest absolute Gasteiger partial charge is 0.407 e. The molecule has 4 nitrogen and oxygen atoms in total. The molecule has 0 aliphatic heterocycles. The zero-order valence-corrected chi connectivity index (χ0v) is 22.8. The topological polar surface area (TPSA) is 58.6 Å². The molecule has 0 aliphatic rings. The van der Waals surface area contributed by atoms with E-state index >= 15 is 0 Å². The molecule has 0 saturated heterocycles. The lowest BCUT2D eigenvalue weighted by Crippen LogP contribution is -2.33. The zero-order chi connectivity index (χ0) is 27.1. The minimum atomic E-state index is -0.828. The molecule has 1 amide bonds. The highest BCUT2D eigenvalue weighted by atomic mass is 35.5. The van der Waals surface area contributed by atoms with Gasteiger partial charge in [0.05, 0.1) is 0 Å². The lowest BCUT2D eigenvalue weighted by molar-refractivity contribution is 0.0528. The van der Waals surface area contributed by atoms with Gasteiger partial charge in [-0.15, -0.1) is 0 Å². The summed E-state index contributed by atoms with van der Waals surface area (Å²) >= 11 is 6.35. The fraction of sp³-hybridized carbons (Fsp3) is 0.242. The van der Waals surface area contributed by atoms with E-state index in [4.69, 9.17) is 16.3 Å². The van der Waals surface area contributed by atoms with Gasteiger partial charge in [-0.05, 0) is 84.7 Å². The van der Waals surface area contributed by atoms with Crippen LogP contribution in [0.15, 0.2) is 97.1 Å². The van der Waals surface area contributed by atoms with Crippen molar-refractivity contribution < 1.29 is 14.6 Å². The maximum absolute atomic E-state index is 11.9. The van der Waals surface area contributed by atoms with E-state index in [1.165, 1.54) is 11.1 Å². The monoisotopic (exact) mass is 527 g/mol. The number of amides is 1. The first kappa shape index (κ1) is 27.4. The molecule has 196 valence electrons. The molecule has 0 saturated carbocycles. The Morgan fingerprint density at radius 1 is 0.868 bits per heavy atom. The number of rotatable bonds is 8. The van der Waals surface area contributed by atoms with Crippen LogP contribution in [0.25, 0.3) is 11.1 Å². The molecule has 1 atom stereocenters. The normalized spacial score (nSPS) is 12.1. The first-order chi connectivity index (χ1) is 18.2. The third-order valence-electron chi connectivity index (χ3n) is 6.21. The molecule has 0 aromatic heterocycles. The van der Waals surface area contributed by atoms with Gasteiger partial charge in [0.2, 0.25) is 0 Å². The van der Waals surface area contributed by atoms with E-state index in [-0.39, 0.29) is 0 Å². The van der Waals surface area contributed by atoms with Crippen molar-refractivity contribution in [3.8, 4) is 11.1 Å². The highest BCUT2D eigenvalue weighted by Crippen LogP contribution is 2.30. The van der Waals surface area contributed by atoms with Crippen LogP contribution in [0.4, 0.5) is 4.79 Å². The predicted molar refractivity (Wildman–Crippen MR) is 155 cm³/mol. The molecule has 5 heteroatoms. The molecule has 4 rings (SSSR count). The van der Waals surface area contributed by atoms with Crippen LogP contribution in [-0.2, 0) is 17.6 Å². The number of carbonyl (C=O) groups excluding carboxylic acids is 1. The van der Waals surface area contributed by atoms with Crippen molar-refractivity contribution in [3.05, 3.63) is 130 Å². The SMILES string of the molecule is CC(C)(C)OC(=O)NCCc1cccc(C(O)c2cc(Cl)ccc2Cc2ccc(-c3ccccc3)cc2)c1. The molecule has 0 heterocycles. The number of benzene rings is 4. The zero-order valence-electron chi connectivity index (χ0n) is 22.1. The third-order valence-corrected chi connectivity index (χ3v) is 6.44. The second kappa shape index (κ2) is 12.3. The molecule has 4 aromatic rings. The van der Waals surface area contributed by atoms with E-state index in [2.05, 4.69) is 41.7 Å². The van der Waals surface area contributed by atoms with Gasteiger partial charge in [-0.2, -0.15) is 0 Å². The molecule has 1 unspecified atom stereocenters. The van der Waals surface area contributed by atoms with Crippen LogP contribution in [-0.4, -0.2) is 23.3 Å². The fourth-order valence-electron chi connectivity index (χ4n) is 4.37. The van der Waals surface area contributed by atoms with Crippen molar-refractivity contribution in [1.82, 2.24) is 5.32 Å². The maximum Gasteiger partial charge on any atom is 0.407 e. The molecule has 0 bridgehead atoms. The second-order valence-corrected chi connectivity index (χ2v) is 10.8. The lowest BCUT2D eigenvalue weighted by atomic mass is 9.92. The molecular weight excluding hydrogens is 494 g/mol. The van der Waals surface area contributed by atoms with Crippen LogP contribution < -0.4 is 5.32 Å². The van der Waals surface area contributed by atoms with Crippen molar-refractivity contribution >= 4 is 17.7 Å². The molecule has 38 heavy (non-hydrogen) atoms. The van der Waals surface area contributed by atoms with Crippen molar-refractivity contribution in [3.63, 3.8) is 0 Å². The third kappa shape index (κ3) is 7.70. The van der Waals surface area contributed by atoms with E-state index in [0.29, 0.717) is 24.4 Å². The summed E-state index contributed by atoms with van der Waals surface area (Å²) < 4.78 is 5.30. The van der Waals surface area contributed by atoms with Gasteiger partial charge < -0.3 is 15.2 Å². The molecule has 0 spiro atoms. The number of hydrogen-bond donors (Lipinski definition) is 2. The van der Waals surface area contributed by atoms with Gasteiger partial charge in [0.15, 0.2) is 0 Å². The van der Waals surface area contributed by atoms with E-state index in [1.54, 1.807) is 0 Å². The van der Waals surface area contributed by atoms with Gasteiger partial charge in [0.1, 0.15) is 11.7 Å². The number of ether oxygens (including phenoxy) is 1. The quantitative estimate of drug-likeness (QED) is 0.246. The first-order valence-electron chi connectivity index (χ1n) is 12.8. The highest BCUT2D eigenvalue weighted by Gasteiger charge is 2.17. The number of nitrogens with one attached hydrogen (secondary N) is 1. The molecule has 0 aliphatic carbocycles. The minimum Gasteiger partial charge on any atom is -0.444 e. The van der Waals surface area contributed by atoms with Crippen molar-refractivity contribution in [2.45, 2.75) is 45.3 Å². The number of halogens is 1. The van der Waals surface area contributed by atoms with Crippen LogP contribution >= 0.6 is 11.6 Å². The Bertz CT molecular complexity index is 1360. The summed E-state index contributed by atoms with van der Waals surface area (Å²) in [6.45, 7) is 5.94. The van der Waals surface area contributed by atoms with Gasteiger partial charge in [0, 0.05) is 11.6 Å². The van der Waals surface area contributed by atoms with Crippen molar-refractivity contribution in [2.75, 3.05) is 6.54 Å². The predicted octanol–water partition coefficient (Wildman–Crippen LogP) is 7.75.